The first-order valence-electron chi connectivity index (χ1n) is 6.60. The van der Waals surface area contributed by atoms with Crippen molar-refractivity contribution in [3.63, 3.8) is 0 Å². The maximum Gasteiger partial charge on any atom is 0.246 e. The molecule has 0 spiro atoms. The van der Waals surface area contributed by atoms with Crippen LogP contribution in [0.4, 0.5) is 0 Å². The highest BCUT2D eigenvalue weighted by atomic mass is 32.2. The van der Waals surface area contributed by atoms with Gasteiger partial charge in [0.15, 0.2) is 0 Å². The third-order valence-corrected chi connectivity index (χ3v) is 5.82. The average molecular weight is 311 g/mol. The fourth-order valence-electron chi connectivity index (χ4n) is 2.25. The molecule has 0 fully saturated rings. The van der Waals surface area contributed by atoms with Gasteiger partial charge in [-0.1, -0.05) is 0 Å². The van der Waals surface area contributed by atoms with E-state index >= 15 is 0 Å². The summed E-state index contributed by atoms with van der Waals surface area (Å²) in [6.07, 6.45) is 1.39. The zero-order chi connectivity index (χ0) is 15.9. The normalized spacial score (nSPS) is 12.3. The van der Waals surface area contributed by atoms with Crippen LogP contribution in [-0.4, -0.2) is 39.3 Å². The molecule has 0 saturated carbocycles. The largest absolute Gasteiger partial charge is 0.272 e. The minimum absolute atomic E-state index is 0.242. The minimum Gasteiger partial charge on any atom is -0.272 e. The summed E-state index contributed by atoms with van der Waals surface area (Å²) in [7, 11) is 1.60. The van der Waals surface area contributed by atoms with Crippen molar-refractivity contribution in [2.45, 2.75) is 32.2 Å². The van der Waals surface area contributed by atoms with Gasteiger partial charge >= 0.3 is 0 Å². The molecule has 0 radical (unpaired) electrons. The van der Waals surface area contributed by atoms with Crippen LogP contribution in [0.15, 0.2) is 11.1 Å². The topological polar surface area (TPSA) is 73.0 Å². The van der Waals surface area contributed by atoms with Gasteiger partial charge in [0.25, 0.3) is 0 Å². The van der Waals surface area contributed by atoms with E-state index in [0.717, 1.165) is 17.0 Å². The number of nitrogens with zero attached hydrogens (tertiary/aromatic N) is 5. The van der Waals surface area contributed by atoms with Crippen molar-refractivity contribution in [1.29, 1.82) is 0 Å². The summed E-state index contributed by atoms with van der Waals surface area (Å²) >= 11 is 0. The van der Waals surface area contributed by atoms with E-state index in [-0.39, 0.29) is 4.90 Å². The zero-order valence-corrected chi connectivity index (χ0v) is 14.1. The standard InChI is InChI=1S/C13H21N5O2S/c1-9-12(10(2)18(6)15-9)8-16(4)21(19,20)13-7-14-17(5)11(13)3/h7H,8H2,1-6H3. The van der Waals surface area contributed by atoms with E-state index in [1.807, 2.05) is 20.9 Å². The SMILES string of the molecule is Cc1nn(C)c(C)c1CN(C)S(=O)(=O)c1cnn(C)c1C. The van der Waals surface area contributed by atoms with Gasteiger partial charge in [-0.05, 0) is 20.8 Å². The molecule has 0 amide bonds. The Morgan fingerprint density at radius 1 is 1.14 bits per heavy atom. The van der Waals surface area contributed by atoms with Crippen molar-refractivity contribution in [2.24, 2.45) is 14.1 Å². The maximum atomic E-state index is 12.6. The summed E-state index contributed by atoms with van der Waals surface area (Å²) in [5.41, 5.74) is 3.38. The highest BCUT2D eigenvalue weighted by Gasteiger charge is 2.26. The molecule has 21 heavy (non-hydrogen) atoms. The maximum absolute atomic E-state index is 12.6. The van der Waals surface area contributed by atoms with Gasteiger partial charge in [-0.3, -0.25) is 9.36 Å². The first-order chi connectivity index (χ1) is 9.66. The molecule has 0 saturated heterocycles. The molecular formula is C13H21N5O2S. The molecule has 0 aromatic carbocycles. The fourth-order valence-corrected chi connectivity index (χ4v) is 3.57. The van der Waals surface area contributed by atoms with Crippen LogP contribution >= 0.6 is 0 Å². The second kappa shape index (κ2) is 5.27. The molecule has 2 aromatic rings. The second-order valence-electron chi connectivity index (χ2n) is 5.25. The Kier molecular flexibility index (Phi) is 3.94. The number of hydrogen-bond donors (Lipinski definition) is 0. The lowest BCUT2D eigenvalue weighted by molar-refractivity contribution is 0.464. The molecule has 0 aliphatic rings. The Hall–Kier alpha value is -1.67. The van der Waals surface area contributed by atoms with E-state index in [1.54, 1.807) is 30.4 Å². The number of aromatic nitrogens is 4. The van der Waals surface area contributed by atoms with Crippen LogP contribution in [0.2, 0.25) is 0 Å². The van der Waals surface area contributed by atoms with E-state index in [0.29, 0.717) is 12.2 Å². The van der Waals surface area contributed by atoms with Crippen molar-refractivity contribution in [3.05, 3.63) is 28.8 Å². The zero-order valence-electron chi connectivity index (χ0n) is 13.2. The van der Waals surface area contributed by atoms with Gasteiger partial charge < -0.3 is 0 Å². The summed E-state index contributed by atoms with van der Waals surface area (Å²) in [5, 5.41) is 8.32. The molecular weight excluding hydrogens is 290 g/mol. The van der Waals surface area contributed by atoms with E-state index in [1.165, 1.54) is 10.5 Å². The van der Waals surface area contributed by atoms with Crippen LogP contribution < -0.4 is 0 Å². The predicted octanol–water partition coefficient (Wildman–Crippen LogP) is 0.900. The average Bonchev–Trinajstić information content (AvgIpc) is 2.85. The highest BCUT2D eigenvalue weighted by molar-refractivity contribution is 7.89. The molecule has 2 rings (SSSR count). The lowest BCUT2D eigenvalue weighted by Gasteiger charge is -2.17. The number of rotatable bonds is 4. The molecule has 0 N–H and O–H groups in total. The number of aryl methyl sites for hydroxylation is 3. The monoisotopic (exact) mass is 311 g/mol. The van der Waals surface area contributed by atoms with E-state index in [9.17, 15) is 8.42 Å². The minimum atomic E-state index is -3.56. The Morgan fingerprint density at radius 3 is 2.19 bits per heavy atom. The van der Waals surface area contributed by atoms with Gasteiger partial charge in [0, 0.05) is 38.9 Å². The highest BCUT2D eigenvalue weighted by Crippen LogP contribution is 2.21. The van der Waals surface area contributed by atoms with Gasteiger partial charge in [-0.15, -0.1) is 0 Å². The van der Waals surface area contributed by atoms with Crippen molar-refractivity contribution in [2.75, 3.05) is 7.05 Å². The van der Waals surface area contributed by atoms with Gasteiger partial charge in [-0.25, -0.2) is 8.42 Å². The third-order valence-electron chi connectivity index (χ3n) is 3.92. The molecule has 0 aliphatic heterocycles. The molecule has 116 valence electrons. The van der Waals surface area contributed by atoms with Crippen molar-refractivity contribution in [3.8, 4) is 0 Å². The first-order valence-corrected chi connectivity index (χ1v) is 8.04. The molecule has 2 aromatic heterocycles. The van der Waals surface area contributed by atoms with E-state index in [4.69, 9.17) is 0 Å². The molecule has 0 unspecified atom stereocenters. The van der Waals surface area contributed by atoms with Gasteiger partial charge in [0.05, 0.1) is 17.6 Å². The van der Waals surface area contributed by atoms with E-state index in [2.05, 4.69) is 10.2 Å². The van der Waals surface area contributed by atoms with Crippen molar-refractivity contribution < 1.29 is 8.42 Å². The molecule has 2 heterocycles. The predicted molar refractivity (Wildman–Crippen MR) is 79.3 cm³/mol. The molecule has 0 aliphatic carbocycles. The van der Waals surface area contributed by atoms with Crippen LogP contribution in [0, 0.1) is 20.8 Å². The third kappa shape index (κ3) is 2.60. The smallest absolute Gasteiger partial charge is 0.246 e. The second-order valence-corrected chi connectivity index (χ2v) is 7.27. The Bertz CT molecular complexity index is 773. The molecule has 0 bridgehead atoms. The summed E-state index contributed by atoms with van der Waals surface area (Å²) in [6, 6.07) is 0. The Morgan fingerprint density at radius 2 is 1.76 bits per heavy atom. The summed E-state index contributed by atoms with van der Waals surface area (Å²) in [4.78, 5) is 0.242. The van der Waals surface area contributed by atoms with Gasteiger partial charge in [-0.2, -0.15) is 14.5 Å². The summed E-state index contributed by atoms with van der Waals surface area (Å²) < 4.78 is 30.0. The molecule has 8 heteroatoms. The van der Waals surface area contributed by atoms with Crippen LogP contribution in [0.1, 0.15) is 22.6 Å². The van der Waals surface area contributed by atoms with Crippen molar-refractivity contribution in [1.82, 2.24) is 23.9 Å². The fraction of sp³-hybridized carbons (Fsp3) is 0.538. The number of hydrogen-bond acceptors (Lipinski definition) is 4. The lowest BCUT2D eigenvalue weighted by atomic mass is 10.2. The Labute approximate surface area is 125 Å². The molecule has 0 atom stereocenters. The summed E-state index contributed by atoms with van der Waals surface area (Å²) in [6.45, 7) is 5.86. The van der Waals surface area contributed by atoms with Gasteiger partial charge in [0.2, 0.25) is 10.0 Å². The van der Waals surface area contributed by atoms with Crippen molar-refractivity contribution >= 4 is 10.0 Å². The van der Waals surface area contributed by atoms with Crippen LogP contribution in [-0.2, 0) is 30.7 Å². The molecule has 7 nitrogen and oxygen atoms in total. The van der Waals surface area contributed by atoms with Gasteiger partial charge in [0.1, 0.15) is 4.90 Å². The van der Waals surface area contributed by atoms with E-state index < -0.39 is 10.0 Å². The Balaban J connectivity index is 2.35. The quantitative estimate of drug-likeness (QED) is 0.841. The van der Waals surface area contributed by atoms with Crippen LogP contribution in [0.5, 0.6) is 0 Å². The van der Waals surface area contributed by atoms with Crippen LogP contribution in [0.25, 0.3) is 0 Å². The summed E-state index contributed by atoms with van der Waals surface area (Å²) in [5.74, 6) is 0. The lowest BCUT2D eigenvalue weighted by Crippen LogP contribution is -2.27. The number of sulfonamides is 1. The first kappa shape index (κ1) is 15.7. The van der Waals surface area contributed by atoms with Crippen LogP contribution in [0.3, 0.4) is 0 Å².